The molecule has 0 bridgehead atoms. The number of ether oxygens (including phenoxy) is 1. The van der Waals surface area contributed by atoms with Crippen molar-refractivity contribution < 1.29 is 4.74 Å². The maximum atomic E-state index is 5.16. The van der Waals surface area contributed by atoms with E-state index in [9.17, 15) is 0 Å². The fourth-order valence-corrected chi connectivity index (χ4v) is 0.752. The Bertz CT molecular complexity index is 275. The summed E-state index contributed by atoms with van der Waals surface area (Å²) in [5.41, 5.74) is 6.08. The van der Waals surface area contributed by atoms with E-state index in [1.54, 1.807) is 6.20 Å². The Morgan fingerprint density at radius 3 is 3.00 bits per heavy atom. The van der Waals surface area contributed by atoms with Crippen LogP contribution in [0.3, 0.4) is 0 Å². The van der Waals surface area contributed by atoms with E-state index in [-0.39, 0.29) is 5.17 Å². The number of pyridine rings is 1. The molecular formula is C7H8N2OS. The third-order valence-corrected chi connectivity index (χ3v) is 1.24. The predicted octanol–water partition coefficient (Wildman–Crippen LogP) is 1.01. The van der Waals surface area contributed by atoms with Gasteiger partial charge in [-0.25, -0.2) is 4.98 Å². The van der Waals surface area contributed by atoms with Gasteiger partial charge in [0, 0.05) is 11.8 Å². The summed E-state index contributed by atoms with van der Waals surface area (Å²) in [4.78, 5) is 3.93. The summed E-state index contributed by atoms with van der Waals surface area (Å²) >= 11 is 4.55. The second-order valence-corrected chi connectivity index (χ2v) is 2.45. The van der Waals surface area contributed by atoms with Crippen molar-refractivity contribution in [2.45, 2.75) is 6.92 Å². The van der Waals surface area contributed by atoms with Crippen LogP contribution in [-0.2, 0) is 0 Å². The summed E-state index contributed by atoms with van der Waals surface area (Å²) in [6, 6.07) is 3.70. The second kappa shape index (κ2) is 3.30. The third-order valence-electron chi connectivity index (χ3n) is 1.16. The summed E-state index contributed by atoms with van der Waals surface area (Å²) in [5.74, 6) is 0.472. The largest absolute Gasteiger partial charge is 0.413 e. The first-order chi connectivity index (χ1) is 5.20. The quantitative estimate of drug-likeness (QED) is 0.636. The summed E-state index contributed by atoms with van der Waals surface area (Å²) in [7, 11) is 0. The molecule has 1 heterocycles. The van der Waals surface area contributed by atoms with Crippen LogP contribution in [0.5, 0.6) is 5.88 Å². The molecule has 0 saturated carbocycles. The molecule has 0 fully saturated rings. The van der Waals surface area contributed by atoms with Crippen molar-refractivity contribution in [1.82, 2.24) is 4.98 Å². The molecule has 0 unspecified atom stereocenters. The number of aromatic nitrogens is 1. The van der Waals surface area contributed by atoms with Crippen molar-refractivity contribution in [1.29, 1.82) is 0 Å². The zero-order chi connectivity index (χ0) is 8.27. The zero-order valence-corrected chi connectivity index (χ0v) is 6.89. The molecule has 1 aromatic rings. The van der Waals surface area contributed by atoms with Crippen molar-refractivity contribution in [3.63, 3.8) is 0 Å². The highest BCUT2D eigenvalue weighted by atomic mass is 32.1. The van der Waals surface area contributed by atoms with Gasteiger partial charge in [0.2, 0.25) is 5.88 Å². The molecule has 0 atom stereocenters. The van der Waals surface area contributed by atoms with Gasteiger partial charge in [0.05, 0.1) is 0 Å². The topological polar surface area (TPSA) is 48.1 Å². The van der Waals surface area contributed by atoms with Crippen LogP contribution in [0, 0.1) is 6.92 Å². The van der Waals surface area contributed by atoms with Crippen LogP contribution in [0.15, 0.2) is 18.3 Å². The molecule has 0 aromatic carbocycles. The van der Waals surface area contributed by atoms with Crippen LogP contribution in [0.1, 0.15) is 5.56 Å². The molecule has 0 aliphatic heterocycles. The first-order valence-electron chi connectivity index (χ1n) is 3.09. The maximum absolute atomic E-state index is 5.16. The highest BCUT2D eigenvalue weighted by Crippen LogP contribution is 2.11. The molecule has 0 amide bonds. The van der Waals surface area contributed by atoms with E-state index >= 15 is 0 Å². The van der Waals surface area contributed by atoms with Crippen LogP contribution < -0.4 is 10.5 Å². The van der Waals surface area contributed by atoms with Gasteiger partial charge in [0.25, 0.3) is 5.17 Å². The minimum absolute atomic E-state index is 0.00759. The SMILES string of the molecule is Cc1cccnc1OC(N)=S. The lowest BCUT2D eigenvalue weighted by Crippen LogP contribution is -2.17. The zero-order valence-electron chi connectivity index (χ0n) is 6.07. The van der Waals surface area contributed by atoms with Crippen LogP contribution in [0.4, 0.5) is 0 Å². The average Bonchev–Trinajstić information content (AvgIpc) is 1.93. The summed E-state index contributed by atoms with van der Waals surface area (Å²) in [5, 5.41) is -0.00759. The molecule has 1 rings (SSSR count). The normalized spacial score (nSPS) is 9.18. The number of nitrogens with zero attached hydrogens (tertiary/aromatic N) is 1. The molecule has 4 heteroatoms. The van der Waals surface area contributed by atoms with Gasteiger partial charge in [-0.05, 0) is 25.2 Å². The second-order valence-electron chi connectivity index (χ2n) is 2.05. The average molecular weight is 168 g/mol. The highest BCUT2D eigenvalue weighted by molar-refractivity contribution is 7.80. The summed E-state index contributed by atoms with van der Waals surface area (Å²) in [6.07, 6.45) is 1.63. The Labute approximate surface area is 70.2 Å². The lowest BCUT2D eigenvalue weighted by molar-refractivity contribution is 0.528. The minimum Gasteiger partial charge on any atom is -0.413 e. The van der Waals surface area contributed by atoms with Crippen LogP contribution in [0.2, 0.25) is 0 Å². The molecule has 0 aliphatic carbocycles. The van der Waals surface area contributed by atoms with E-state index in [0.29, 0.717) is 5.88 Å². The molecule has 0 aliphatic rings. The van der Waals surface area contributed by atoms with Gasteiger partial charge in [0.15, 0.2) is 0 Å². The van der Waals surface area contributed by atoms with Crippen molar-refractivity contribution in [2.75, 3.05) is 0 Å². The molecule has 2 N–H and O–H groups in total. The molecule has 3 nitrogen and oxygen atoms in total. The van der Waals surface area contributed by atoms with Gasteiger partial charge in [-0.3, -0.25) is 0 Å². The number of nitrogens with two attached hydrogens (primary N) is 1. The smallest absolute Gasteiger partial charge is 0.260 e. The van der Waals surface area contributed by atoms with Crippen LogP contribution in [-0.4, -0.2) is 10.2 Å². The summed E-state index contributed by atoms with van der Waals surface area (Å²) < 4.78 is 4.94. The maximum Gasteiger partial charge on any atom is 0.260 e. The highest BCUT2D eigenvalue weighted by Gasteiger charge is 1.99. The lowest BCUT2D eigenvalue weighted by atomic mass is 10.3. The fraction of sp³-hybridized carbons (Fsp3) is 0.143. The van der Waals surface area contributed by atoms with Crippen molar-refractivity contribution in [3.05, 3.63) is 23.9 Å². The number of rotatable bonds is 1. The Hall–Kier alpha value is -1.16. The number of hydrogen-bond acceptors (Lipinski definition) is 3. The third kappa shape index (κ3) is 2.16. The standard InChI is InChI=1S/C7H8N2OS/c1-5-3-2-4-9-6(5)10-7(8)11/h2-4H,1H3,(H2,8,11). The van der Waals surface area contributed by atoms with Gasteiger partial charge in [-0.1, -0.05) is 6.07 Å². The van der Waals surface area contributed by atoms with Crippen molar-refractivity contribution in [2.24, 2.45) is 5.73 Å². The molecule has 0 saturated heterocycles. The van der Waals surface area contributed by atoms with Crippen molar-refractivity contribution in [3.8, 4) is 5.88 Å². The molecule has 11 heavy (non-hydrogen) atoms. The van der Waals surface area contributed by atoms with Crippen LogP contribution in [0.25, 0.3) is 0 Å². The Morgan fingerprint density at radius 2 is 2.45 bits per heavy atom. The molecule has 0 radical (unpaired) electrons. The minimum atomic E-state index is -0.00759. The molecular weight excluding hydrogens is 160 g/mol. The van der Waals surface area contributed by atoms with Gasteiger partial charge >= 0.3 is 0 Å². The van der Waals surface area contributed by atoms with E-state index < -0.39 is 0 Å². The Morgan fingerprint density at radius 1 is 1.73 bits per heavy atom. The van der Waals surface area contributed by atoms with Gasteiger partial charge < -0.3 is 10.5 Å². The molecule has 0 spiro atoms. The molecule has 1 aromatic heterocycles. The van der Waals surface area contributed by atoms with Crippen molar-refractivity contribution >= 4 is 17.4 Å². The fourth-order valence-electron chi connectivity index (χ4n) is 0.673. The van der Waals surface area contributed by atoms with Gasteiger partial charge in [0.1, 0.15) is 0 Å². The number of aryl methyl sites for hydroxylation is 1. The first kappa shape index (κ1) is 7.94. The van der Waals surface area contributed by atoms with Gasteiger partial charge in [-0.2, -0.15) is 0 Å². The van der Waals surface area contributed by atoms with E-state index in [2.05, 4.69) is 17.2 Å². The Kier molecular flexibility index (Phi) is 2.38. The number of hydrogen-bond donors (Lipinski definition) is 1. The summed E-state index contributed by atoms with van der Waals surface area (Å²) in [6.45, 7) is 1.88. The monoisotopic (exact) mass is 168 g/mol. The van der Waals surface area contributed by atoms with E-state index in [0.717, 1.165) is 5.56 Å². The van der Waals surface area contributed by atoms with E-state index in [4.69, 9.17) is 10.5 Å². The van der Waals surface area contributed by atoms with E-state index in [1.807, 2.05) is 19.1 Å². The molecule has 58 valence electrons. The van der Waals surface area contributed by atoms with E-state index in [1.165, 1.54) is 0 Å². The Balaban J connectivity index is 2.86. The lowest BCUT2D eigenvalue weighted by Gasteiger charge is -2.02. The van der Waals surface area contributed by atoms with Crippen LogP contribution >= 0.6 is 12.2 Å². The van der Waals surface area contributed by atoms with Gasteiger partial charge in [-0.15, -0.1) is 0 Å². The first-order valence-corrected chi connectivity index (χ1v) is 3.50. The number of thiocarbonyl (C=S) groups is 1. The predicted molar refractivity (Wildman–Crippen MR) is 46.4 cm³/mol.